The van der Waals surface area contributed by atoms with E-state index in [1.165, 1.54) is 22.3 Å². The molecule has 1 saturated heterocycles. The lowest BCUT2D eigenvalue weighted by atomic mass is 10.00. The molecule has 0 aromatic heterocycles. The van der Waals surface area contributed by atoms with Crippen molar-refractivity contribution in [1.82, 2.24) is 9.80 Å². The molecule has 1 fully saturated rings. The highest BCUT2D eigenvalue weighted by Crippen LogP contribution is 2.26. The van der Waals surface area contributed by atoms with Crippen LogP contribution in [0.4, 0.5) is 0 Å². The summed E-state index contributed by atoms with van der Waals surface area (Å²) in [5.74, 6) is 1.03. The van der Waals surface area contributed by atoms with Gasteiger partial charge in [0.1, 0.15) is 5.75 Å². The van der Waals surface area contributed by atoms with Crippen LogP contribution in [0.25, 0.3) is 0 Å². The van der Waals surface area contributed by atoms with Gasteiger partial charge < -0.3 is 9.84 Å². The van der Waals surface area contributed by atoms with Crippen LogP contribution in [-0.4, -0.2) is 60.1 Å². The zero-order chi connectivity index (χ0) is 21.7. The maximum atomic E-state index is 11.7. The molecule has 0 aliphatic carbocycles. The molecule has 0 saturated carbocycles. The van der Waals surface area contributed by atoms with Gasteiger partial charge in [0.2, 0.25) is 0 Å². The third-order valence-electron chi connectivity index (χ3n) is 6.33. The van der Waals surface area contributed by atoms with Gasteiger partial charge in [-0.25, -0.2) is 0 Å². The molecular weight excluding hydrogens is 376 g/mol. The van der Waals surface area contributed by atoms with E-state index >= 15 is 0 Å². The Morgan fingerprint density at radius 1 is 1.13 bits per heavy atom. The predicted octanol–water partition coefficient (Wildman–Crippen LogP) is 3.58. The normalized spacial score (nSPS) is 17.8. The minimum atomic E-state index is 0.102. The summed E-state index contributed by atoms with van der Waals surface area (Å²) in [4.78, 5) is 16.6. The first-order valence-electron chi connectivity index (χ1n) is 10.7. The molecule has 5 nitrogen and oxygen atoms in total. The van der Waals surface area contributed by atoms with Crippen LogP contribution in [0.15, 0.2) is 36.4 Å². The summed E-state index contributed by atoms with van der Waals surface area (Å²) >= 11 is 0. The molecule has 0 unspecified atom stereocenters. The van der Waals surface area contributed by atoms with Crippen molar-refractivity contribution in [3.05, 3.63) is 64.2 Å². The highest BCUT2D eigenvalue weighted by Gasteiger charge is 2.27. The second-order valence-electron chi connectivity index (χ2n) is 8.31. The Labute approximate surface area is 180 Å². The lowest BCUT2D eigenvalue weighted by Gasteiger charge is -2.42. The Kier molecular flexibility index (Phi) is 7.64. The summed E-state index contributed by atoms with van der Waals surface area (Å²) in [6, 6.07) is 12.4. The van der Waals surface area contributed by atoms with E-state index in [1.807, 2.05) is 18.2 Å². The smallest absolute Gasteiger partial charge is 0.159 e. The van der Waals surface area contributed by atoms with Crippen molar-refractivity contribution in [3.8, 4) is 5.75 Å². The molecule has 1 N–H and O–H groups in total. The maximum Gasteiger partial charge on any atom is 0.159 e. The molecule has 2 aromatic rings. The molecular formula is C25H34N2O3. The molecule has 1 aliphatic heterocycles. The summed E-state index contributed by atoms with van der Waals surface area (Å²) in [6.45, 7) is 10.6. The quantitative estimate of drug-likeness (QED) is 0.674. The lowest BCUT2D eigenvalue weighted by Crippen LogP contribution is -2.52. The zero-order valence-corrected chi connectivity index (χ0v) is 18.6. The molecule has 0 bridgehead atoms. The van der Waals surface area contributed by atoms with Gasteiger partial charge in [0.05, 0.1) is 7.11 Å². The Morgan fingerprint density at radius 2 is 1.93 bits per heavy atom. The van der Waals surface area contributed by atoms with Crippen LogP contribution in [0.5, 0.6) is 5.75 Å². The van der Waals surface area contributed by atoms with E-state index < -0.39 is 0 Å². The van der Waals surface area contributed by atoms with E-state index in [9.17, 15) is 9.90 Å². The molecule has 1 atom stereocenters. The van der Waals surface area contributed by atoms with Gasteiger partial charge in [-0.15, -0.1) is 0 Å². The number of nitrogens with zero attached hydrogens (tertiary/aromatic N) is 2. The first-order valence-corrected chi connectivity index (χ1v) is 10.7. The number of carbonyl (C=O) groups excluding carboxylic acids is 1. The first-order chi connectivity index (χ1) is 14.4. The molecule has 2 aromatic carbocycles. The van der Waals surface area contributed by atoms with E-state index in [-0.39, 0.29) is 12.4 Å². The Hall–Kier alpha value is -2.21. The third kappa shape index (κ3) is 5.28. The number of ether oxygens (including phenoxy) is 1. The summed E-state index contributed by atoms with van der Waals surface area (Å²) in [5, 5.41) is 9.64. The minimum absolute atomic E-state index is 0.102. The molecule has 0 spiro atoms. The van der Waals surface area contributed by atoms with Crippen LogP contribution in [0.3, 0.4) is 0 Å². The van der Waals surface area contributed by atoms with E-state index in [0.717, 1.165) is 50.5 Å². The number of carbonyl (C=O) groups is 1. The van der Waals surface area contributed by atoms with Gasteiger partial charge in [-0.05, 0) is 61.6 Å². The van der Waals surface area contributed by atoms with Gasteiger partial charge in [-0.1, -0.05) is 24.3 Å². The number of aliphatic hydroxyl groups excluding tert-OH is 1. The number of methoxy groups -OCH3 is 1. The maximum absolute atomic E-state index is 11.7. The Morgan fingerprint density at radius 3 is 2.63 bits per heavy atom. The SMILES string of the molecule is COc1ccc(CN2CCN(Cc3cccc(C(C)=O)c3)C[C@H]2CCO)c(C)c1C. The Balaban J connectivity index is 1.69. The zero-order valence-electron chi connectivity index (χ0n) is 18.6. The van der Waals surface area contributed by atoms with Gasteiger partial charge in [-0.3, -0.25) is 14.6 Å². The van der Waals surface area contributed by atoms with Crippen molar-refractivity contribution in [3.63, 3.8) is 0 Å². The fourth-order valence-corrected chi connectivity index (χ4v) is 4.34. The van der Waals surface area contributed by atoms with Crippen LogP contribution in [0.1, 0.15) is 46.0 Å². The molecule has 1 aliphatic rings. The van der Waals surface area contributed by atoms with E-state index in [0.29, 0.717) is 6.04 Å². The van der Waals surface area contributed by atoms with Crippen molar-refractivity contribution in [2.45, 2.75) is 46.3 Å². The standard InChI is InChI=1S/C25H34N2O3/c1-18-19(2)25(30-4)9-8-23(18)16-27-12-11-26(17-24(27)10-13-28)15-21-6-5-7-22(14-21)20(3)29/h5-9,14,24,28H,10-13,15-17H2,1-4H3/t24-/m1/s1. The lowest BCUT2D eigenvalue weighted by molar-refractivity contribution is 0.0498. The highest BCUT2D eigenvalue weighted by atomic mass is 16.5. The summed E-state index contributed by atoms with van der Waals surface area (Å²) in [6.07, 6.45) is 0.762. The van der Waals surface area contributed by atoms with E-state index in [1.54, 1.807) is 14.0 Å². The third-order valence-corrected chi connectivity index (χ3v) is 6.33. The van der Waals surface area contributed by atoms with Gasteiger partial charge >= 0.3 is 0 Å². The predicted molar refractivity (Wildman–Crippen MR) is 120 cm³/mol. The number of benzene rings is 2. The number of piperazine rings is 1. The van der Waals surface area contributed by atoms with Crippen molar-refractivity contribution in [1.29, 1.82) is 0 Å². The van der Waals surface area contributed by atoms with Gasteiger partial charge in [0.25, 0.3) is 0 Å². The van der Waals surface area contributed by atoms with Gasteiger partial charge in [0.15, 0.2) is 5.78 Å². The number of Topliss-reactive ketones (excluding diaryl/α,β-unsaturated/α-hetero) is 1. The second-order valence-corrected chi connectivity index (χ2v) is 8.31. The number of ketones is 1. The molecule has 3 rings (SSSR count). The number of rotatable bonds is 8. The Bertz CT molecular complexity index is 881. The van der Waals surface area contributed by atoms with Gasteiger partial charge in [0, 0.05) is 50.9 Å². The topological polar surface area (TPSA) is 53.0 Å². The number of aliphatic hydroxyl groups is 1. The molecule has 0 amide bonds. The second kappa shape index (κ2) is 10.2. The van der Waals surface area contributed by atoms with Crippen LogP contribution in [-0.2, 0) is 13.1 Å². The van der Waals surface area contributed by atoms with Gasteiger partial charge in [-0.2, -0.15) is 0 Å². The fourth-order valence-electron chi connectivity index (χ4n) is 4.34. The molecule has 0 radical (unpaired) electrons. The average molecular weight is 411 g/mol. The van der Waals surface area contributed by atoms with E-state index in [2.05, 4.69) is 41.8 Å². The number of hydrogen-bond acceptors (Lipinski definition) is 5. The van der Waals surface area contributed by atoms with E-state index in [4.69, 9.17) is 4.74 Å². The van der Waals surface area contributed by atoms with Crippen molar-refractivity contribution in [2.75, 3.05) is 33.4 Å². The van der Waals surface area contributed by atoms with Crippen molar-refractivity contribution < 1.29 is 14.6 Å². The van der Waals surface area contributed by atoms with Crippen LogP contribution >= 0.6 is 0 Å². The molecule has 1 heterocycles. The van der Waals surface area contributed by atoms with Crippen LogP contribution < -0.4 is 4.74 Å². The molecule has 162 valence electrons. The molecule has 5 heteroatoms. The summed E-state index contributed by atoms with van der Waals surface area (Å²) in [7, 11) is 1.71. The minimum Gasteiger partial charge on any atom is -0.496 e. The average Bonchev–Trinajstić information content (AvgIpc) is 2.73. The van der Waals surface area contributed by atoms with Crippen LogP contribution in [0, 0.1) is 13.8 Å². The summed E-state index contributed by atoms with van der Waals surface area (Å²) < 4.78 is 5.45. The number of hydrogen-bond donors (Lipinski definition) is 1. The fraction of sp³-hybridized carbons (Fsp3) is 0.480. The van der Waals surface area contributed by atoms with Crippen LogP contribution in [0.2, 0.25) is 0 Å². The largest absolute Gasteiger partial charge is 0.496 e. The first kappa shape index (κ1) is 22.5. The van der Waals surface area contributed by atoms with Crippen molar-refractivity contribution in [2.24, 2.45) is 0 Å². The highest BCUT2D eigenvalue weighted by molar-refractivity contribution is 5.94. The molecule has 30 heavy (non-hydrogen) atoms. The van der Waals surface area contributed by atoms with Crippen molar-refractivity contribution >= 4 is 5.78 Å². The monoisotopic (exact) mass is 410 g/mol. The summed E-state index contributed by atoms with van der Waals surface area (Å²) in [5.41, 5.74) is 5.72.